The van der Waals surface area contributed by atoms with E-state index in [0.29, 0.717) is 5.02 Å². The number of carbonyl (C=O) groups excluding carboxylic acids is 2. The van der Waals surface area contributed by atoms with Gasteiger partial charge in [-0.2, -0.15) is 5.10 Å². The Morgan fingerprint density at radius 1 is 1.17 bits per heavy atom. The van der Waals surface area contributed by atoms with E-state index in [-0.39, 0.29) is 17.1 Å². The summed E-state index contributed by atoms with van der Waals surface area (Å²) in [5, 5.41) is 6.91. The first-order valence-corrected chi connectivity index (χ1v) is 8.31. The van der Waals surface area contributed by atoms with E-state index in [2.05, 4.69) is 31.8 Å². The molecule has 2 N–H and O–H groups in total. The molecule has 0 saturated heterocycles. The van der Waals surface area contributed by atoms with Gasteiger partial charge in [0, 0.05) is 9.50 Å². The Bertz CT molecular complexity index is 797. The first-order valence-electron chi connectivity index (χ1n) is 6.76. The maximum atomic E-state index is 12.0. The molecule has 0 saturated carbocycles. The molecule has 5 nitrogen and oxygen atoms in total. The van der Waals surface area contributed by atoms with Crippen LogP contribution in [0.25, 0.3) is 0 Å². The second-order valence-corrected chi connectivity index (χ2v) is 6.41. The first kappa shape index (κ1) is 18.4. The average Bonchev–Trinajstić information content (AvgIpc) is 2.55. The molecule has 0 fully saturated rings. The number of rotatable bonds is 5. The van der Waals surface area contributed by atoms with Crippen molar-refractivity contribution in [3.8, 4) is 0 Å². The van der Waals surface area contributed by atoms with E-state index >= 15 is 0 Å². The van der Waals surface area contributed by atoms with Gasteiger partial charge in [-0.25, -0.2) is 5.43 Å². The Labute approximate surface area is 157 Å². The van der Waals surface area contributed by atoms with Gasteiger partial charge in [0.05, 0.1) is 23.3 Å². The van der Waals surface area contributed by atoms with E-state index in [9.17, 15) is 9.59 Å². The third kappa shape index (κ3) is 5.63. The quantitative estimate of drug-likeness (QED) is 0.563. The zero-order valence-electron chi connectivity index (χ0n) is 12.2. The fraction of sp³-hybridized carbons (Fsp3) is 0.0625. The molecule has 0 unspecified atom stereocenters. The molecule has 0 bridgehead atoms. The summed E-state index contributed by atoms with van der Waals surface area (Å²) in [5.41, 5.74) is 3.35. The maximum Gasteiger partial charge on any atom is 0.259 e. The number of hydrogen-bond donors (Lipinski definition) is 2. The molecule has 0 aliphatic rings. The second-order valence-electron chi connectivity index (χ2n) is 4.66. The van der Waals surface area contributed by atoms with Gasteiger partial charge in [-0.3, -0.25) is 9.59 Å². The highest BCUT2D eigenvalue weighted by atomic mass is 79.9. The zero-order chi connectivity index (χ0) is 17.5. The van der Waals surface area contributed by atoms with E-state index in [4.69, 9.17) is 23.2 Å². The minimum absolute atomic E-state index is 0.203. The summed E-state index contributed by atoms with van der Waals surface area (Å²) in [4.78, 5) is 23.7. The topological polar surface area (TPSA) is 70.6 Å². The number of nitrogens with zero attached hydrogens (tertiary/aromatic N) is 1. The smallest absolute Gasteiger partial charge is 0.259 e. The molecular weight excluding hydrogens is 417 g/mol. The number of hydrogen-bond acceptors (Lipinski definition) is 3. The Hall–Kier alpha value is -1.89. The van der Waals surface area contributed by atoms with Gasteiger partial charge in [0.25, 0.3) is 11.8 Å². The molecule has 0 radical (unpaired) electrons. The summed E-state index contributed by atoms with van der Waals surface area (Å²) in [6.45, 7) is -0.239. The Morgan fingerprint density at radius 2 is 1.96 bits per heavy atom. The number of hydrazone groups is 1. The van der Waals surface area contributed by atoms with Crippen molar-refractivity contribution >= 4 is 57.2 Å². The van der Waals surface area contributed by atoms with E-state index in [1.807, 2.05) is 24.3 Å². The normalized spacial score (nSPS) is 10.6. The summed E-state index contributed by atoms with van der Waals surface area (Å²) in [6, 6.07) is 11.9. The molecule has 2 aromatic carbocycles. The molecule has 2 aromatic rings. The van der Waals surface area contributed by atoms with E-state index < -0.39 is 11.8 Å². The molecule has 124 valence electrons. The van der Waals surface area contributed by atoms with Crippen LogP contribution in [0.5, 0.6) is 0 Å². The van der Waals surface area contributed by atoms with Crippen molar-refractivity contribution in [2.75, 3.05) is 6.54 Å². The van der Waals surface area contributed by atoms with Crippen LogP contribution in [-0.2, 0) is 4.79 Å². The second kappa shape index (κ2) is 8.82. The molecule has 0 heterocycles. The molecule has 0 aliphatic heterocycles. The Kier molecular flexibility index (Phi) is 6.78. The summed E-state index contributed by atoms with van der Waals surface area (Å²) >= 11 is 15.1. The minimum atomic E-state index is -0.492. The van der Waals surface area contributed by atoms with Crippen molar-refractivity contribution in [3.05, 3.63) is 68.1 Å². The summed E-state index contributed by atoms with van der Waals surface area (Å²) in [7, 11) is 0. The van der Waals surface area contributed by atoms with Gasteiger partial charge < -0.3 is 5.32 Å². The molecular formula is C16H12BrCl2N3O2. The van der Waals surface area contributed by atoms with Gasteiger partial charge in [-0.15, -0.1) is 0 Å². The SMILES string of the molecule is O=C(CNC(=O)c1cc(Cl)ccc1Cl)N/N=C/c1cccc(Br)c1. The predicted molar refractivity (Wildman–Crippen MR) is 98.7 cm³/mol. The van der Waals surface area contributed by atoms with Gasteiger partial charge in [0.1, 0.15) is 0 Å². The fourth-order valence-electron chi connectivity index (χ4n) is 1.73. The molecule has 24 heavy (non-hydrogen) atoms. The molecule has 2 amide bonds. The third-order valence-corrected chi connectivity index (χ3v) is 3.89. The number of amides is 2. The molecule has 0 aliphatic carbocycles. The van der Waals surface area contributed by atoms with Gasteiger partial charge in [-0.1, -0.05) is 51.3 Å². The van der Waals surface area contributed by atoms with Gasteiger partial charge in [0.2, 0.25) is 0 Å². The summed E-state index contributed by atoms with van der Waals surface area (Å²) < 4.78 is 0.906. The summed E-state index contributed by atoms with van der Waals surface area (Å²) in [5.74, 6) is -0.957. The van der Waals surface area contributed by atoms with Gasteiger partial charge in [-0.05, 0) is 35.9 Å². The lowest BCUT2D eigenvalue weighted by Gasteiger charge is -2.06. The van der Waals surface area contributed by atoms with Crippen LogP contribution in [0, 0.1) is 0 Å². The molecule has 0 aromatic heterocycles. The highest BCUT2D eigenvalue weighted by Gasteiger charge is 2.12. The van der Waals surface area contributed by atoms with E-state index in [0.717, 1.165) is 10.0 Å². The molecule has 8 heteroatoms. The highest BCUT2D eigenvalue weighted by molar-refractivity contribution is 9.10. The van der Waals surface area contributed by atoms with Crippen molar-refractivity contribution in [1.29, 1.82) is 0 Å². The Balaban J connectivity index is 1.84. The van der Waals surface area contributed by atoms with Crippen molar-refractivity contribution in [3.63, 3.8) is 0 Å². The van der Waals surface area contributed by atoms with Crippen LogP contribution in [0.2, 0.25) is 10.0 Å². The van der Waals surface area contributed by atoms with Crippen molar-refractivity contribution in [1.82, 2.24) is 10.7 Å². The van der Waals surface area contributed by atoms with Crippen molar-refractivity contribution in [2.24, 2.45) is 5.10 Å². The molecule has 0 atom stereocenters. The van der Waals surface area contributed by atoms with Crippen LogP contribution in [-0.4, -0.2) is 24.6 Å². The lowest BCUT2D eigenvalue weighted by Crippen LogP contribution is -2.35. The fourth-order valence-corrected chi connectivity index (χ4v) is 2.52. The molecule has 2 rings (SSSR count). The van der Waals surface area contributed by atoms with Crippen LogP contribution in [0.4, 0.5) is 0 Å². The average molecular weight is 429 g/mol. The monoisotopic (exact) mass is 427 g/mol. The molecule has 0 spiro atoms. The first-order chi connectivity index (χ1) is 11.5. The van der Waals surface area contributed by atoms with E-state index in [1.54, 1.807) is 6.07 Å². The van der Waals surface area contributed by atoms with Crippen LogP contribution >= 0.6 is 39.1 Å². The number of benzene rings is 2. The largest absolute Gasteiger partial charge is 0.343 e. The third-order valence-electron chi connectivity index (χ3n) is 2.83. The lowest BCUT2D eigenvalue weighted by atomic mass is 10.2. The van der Waals surface area contributed by atoms with Crippen LogP contribution < -0.4 is 10.7 Å². The zero-order valence-corrected chi connectivity index (χ0v) is 15.3. The number of halogens is 3. The van der Waals surface area contributed by atoms with Crippen LogP contribution in [0.1, 0.15) is 15.9 Å². The predicted octanol–water partition coefficient (Wildman–Crippen LogP) is 3.64. The van der Waals surface area contributed by atoms with E-state index in [1.165, 1.54) is 18.3 Å². The highest BCUT2D eigenvalue weighted by Crippen LogP contribution is 2.20. The minimum Gasteiger partial charge on any atom is -0.343 e. The summed E-state index contributed by atoms with van der Waals surface area (Å²) in [6.07, 6.45) is 1.50. The van der Waals surface area contributed by atoms with Crippen LogP contribution in [0.3, 0.4) is 0 Å². The van der Waals surface area contributed by atoms with Gasteiger partial charge >= 0.3 is 0 Å². The lowest BCUT2D eigenvalue weighted by molar-refractivity contribution is -0.120. The van der Waals surface area contributed by atoms with Gasteiger partial charge in [0.15, 0.2) is 0 Å². The Morgan fingerprint density at radius 3 is 2.71 bits per heavy atom. The number of carbonyl (C=O) groups is 2. The number of nitrogens with one attached hydrogen (secondary N) is 2. The van der Waals surface area contributed by atoms with Crippen molar-refractivity contribution in [2.45, 2.75) is 0 Å². The maximum absolute atomic E-state index is 12.0. The van der Waals surface area contributed by atoms with Crippen LogP contribution in [0.15, 0.2) is 52.0 Å². The van der Waals surface area contributed by atoms with Crippen molar-refractivity contribution < 1.29 is 9.59 Å². The standard InChI is InChI=1S/C16H12BrCl2N3O2/c17-11-3-1-2-10(6-11)8-21-22-15(23)9-20-16(24)13-7-12(18)4-5-14(13)19/h1-8H,9H2,(H,20,24)(H,22,23)/b21-8+.